The molecule has 0 radical (unpaired) electrons. The van der Waals surface area contributed by atoms with Crippen LogP contribution in [0.15, 0.2) is 0 Å². The van der Waals surface area contributed by atoms with Crippen molar-refractivity contribution >= 4 is 7.82 Å². The molecule has 0 N–H and O–H groups in total. The van der Waals surface area contributed by atoms with Crippen LogP contribution in [0, 0.1) is 22.7 Å². The molecule has 0 aromatic heterocycles. The standard InChI is InChI=1S/C6H9N2O4P.Li/c7-3-1-5-11-13(9,10)12-6-2-4-8;/h1-2,5-6H2,(H,9,10);/q;+1/p-1. The maximum Gasteiger partial charge on any atom is 1.00 e. The fraction of sp³-hybridized carbons (Fsp3) is 0.667. The van der Waals surface area contributed by atoms with Crippen molar-refractivity contribution in [2.24, 2.45) is 0 Å². The van der Waals surface area contributed by atoms with Gasteiger partial charge in [0.25, 0.3) is 7.82 Å². The van der Waals surface area contributed by atoms with Gasteiger partial charge in [-0.15, -0.1) is 0 Å². The molecule has 0 unspecified atom stereocenters. The summed E-state index contributed by atoms with van der Waals surface area (Å²) in [6, 6.07) is 3.43. The van der Waals surface area contributed by atoms with E-state index >= 15 is 0 Å². The molecule has 72 valence electrons. The van der Waals surface area contributed by atoms with Crippen LogP contribution in [0.2, 0.25) is 0 Å². The third-order valence-corrected chi connectivity index (χ3v) is 1.92. The normalized spacial score (nSPS) is 9.64. The van der Waals surface area contributed by atoms with Gasteiger partial charge in [0.15, 0.2) is 0 Å². The van der Waals surface area contributed by atoms with Crippen LogP contribution in [0.1, 0.15) is 12.8 Å². The number of rotatable bonds is 6. The molecular weight excluding hydrogens is 202 g/mol. The first-order valence-corrected chi connectivity index (χ1v) is 4.92. The van der Waals surface area contributed by atoms with Crippen molar-refractivity contribution in [2.45, 2.75) is 12.8 Å². The van der Waals surface area contributed by atoms with Gasteiger partial charge >= 0.3 is 18.9 Å². The topological polar surface area (TPSA) is 106 Å². The maximum atomic E-state index is 10.7. The van der Waals surface area contributed by atoms with Crippen LogP contribution in [0.25, 0.3) is 0 Å². The number of phosphoric acid groups is 1. The minimum Gasteiger partial charge on any atom is -0.756 e. The van der Waals surface area contributed by atoms with E-state index in [0.717, 1.165) is 0 Å². The van der Waals surface area contributed by atoms with Crippen molar-refractivity contribution in [3.05, 3.63) is 0 Å². The number of hydrogen-bond donors (Lipinski definition) is 0. The van der Waals surface area contributed by atoms with E-state index in [0.29, 0.717) is 0 Å². The minimum atomic E-state index is -4.30. The third-order valence-electron chi connectivity index (χ3n) is 0.927. The molecule has 14 heavy (non-hydrogen) atoms. The summed E-state index contributed by atoms with van der Waals surface area (Å²) >= 11 is 0. The summed E-state index contributed by atoms with van der Waals surface area (Å²) in [6.45, 7) is -0.437. The molecule has 0 bridgehead atoms. The van der Waals surface area contributed by atoms with Gasteiger partial charge in [0.05, 0.1) is 38.2 Å². The molecule has 0 saturated heterocycles. The van der Waals surface area contributed by atoms with Crippen molar-refractivity contribution in [1.82, 2.24) is 0 Å². The Morgan fingerprint density at radius 3 is 1.79 bits per heavy atom. The van der Waals surface area contributed by atoms with Gasteiger partial charge in [0.2, 0.25) is 0 Å². The summed E-state index contributed by atoms with van der Waals surface area (Å²) in [6.07, 6.45) is -0.0400. The number of nitriles is 2. The van der Waals surface area contributed by atoms with Gasteiger partial charge < -0.3 is 13.9 Å². The average molecular weight is 210 g/mol. The second-order valence-electron chi connectivity index (χ2n) is 1.93. The SMILES string of the molecule is N#CCCOP(=O)([O-])OCCC#N.[Li+]. The predicted octanol–water partition coefficient (Wildman–Crippen LogP) is -2.68. The molecule has 0 fully saturated rings. The monoisotopic (exact) mass is 210 g/mol. The Balaban J connectivity index is 0. The van der Waals surface area contributed by atoms with E-state index in [2.05, 4.69) is 9.05 Å². The summed E-state index contributed by atoms with van der Waals surface area (Å²) in [5.41, 5.74) is 0. The second-order valence-corrected chi connectivity index (χ2v) is 3.34. The second kappa shape index (κ2) is 9.25. The zero-order valence-corrected chi connectivity index (χ0v) is 8.70. The zero-order chi connectivity index (χ0) is 10.2. The van der Waals surface area contributed by atoms with E-state index in [-0.39, 0.29) is 44.9 Å². The Labute approximate surface area is 94.2 Å². The first kappa shape index (κ1) is 16.1. The van der Waals surface area contributed by atoms with E-state index in [1.807, 2.05) is 0 Å². The quantitative estimate of drug-likeness (QED) is 0.268. The minimum absolute atomic E-state index is 0. The van der Waals surface area contributed by atoms with E-state index in [1.54, 1.807) is 12.1 Å². The van der Waals surface area contributed by atoms with Crippen LogP contribution < -0.4 is 23.8 Å². The molecule has 0 aromatic rings. The Morgan fingerprint density at radius 1 is 1.14 bits per heavy atom. The molecule has 0 aliphatic carbocycles. The number of phosphoric ester groups is 1. The molecular formula is C6H8LiN2O4P. The largest absolute Gasteiger partial charge is 1.00 e. The maximum absolute atomic E-state index is 10.7. The molecule has 8 heteroatoms. The van der Waals surface area contributed by atoms with Crippen LogP contribution in [0.4, 0.5) is 0 Å². The van der Waals surface area contributed by atoms with Gasteiger partial charge in [0.1, 0.15) is 0 Å². The Morgan fingerprint density at radius 2 is 1.50 bits per heavy atom. The predicted molar refractivity (Wildman–Crippen MR) is 40.0 cm³/mol. The van der Waals surface area contributed by atoms with E-state index in [4.69, 9.17) is 10.5 Å². The summed E-state index contributed by atoms with van der Waals surface area (Å²) in [5.74, 6) is 0. The Bertz CT molecular complexity index is 248. The van der Waals surface area contributed by atoms with Crippen LogP contribution >= 0.6 is 7.82 Å². The molecule has 0 saturated carbocycles. The molecule has 0 heterocycles. The fourth-order valence-corrected chi connectivity index (χ4v) is 1.15. The van der Waals surface area contributed by atoms with Gasteiger partial charge in [-0.25, -0.2) is 0 Å². The van der Waals surface area contributed by atoms with Crippen molar-refractivity contribution in [3.63, 3.8) is 0 Å². The van der Waals surface area contributed by atoms with E-state index in [1.165, 1.54) is 0 Å². The van der Waals surface area contributed by atoms with Crippen molar-refractivity contribution in [2.75, 3.05) is 13.2 Å². The smallest absolute Gasteiger partial charge is 0.756 e. The number of hydrogen-bond acceptors (Lipinski definition) is 6. The van der Waals surface area contributed by atoms with Gasteiger partial charge in [-0.05, 0) is 0 Å². The molecule has 0 aliphatic heterocycles. The van der Waals surface area contributed by atoms with Gasteiger partial charge in [0, 0.05) is 0 Å². The zero-order valence-electron chi connectivity index (χ0n) is 7.80. The molecule has 0 spiro atoms. The number of nitrogens with zero attached hydrogens (tertiary/aromatic N) is 2. The van der Waals surface area contributed by atoms with Crippen molar-refractivity contribution in [3.8, 4) is 12.1 Å². The van der Waals surface area contributed by atoms with E-state index in [9.17, 15) is 9.46 Å². The summed E-state index contributed by atoms with van der Waals surface area (Å²) in [7, 11) is -4.30. The first-order chi connectivity index (χ1) is 6.12. The Hall–Kier alpha value is -0.313. The molecule has 0 aliphatic rings. The fourth-order valence-electron chi connectivity index (χ4n) is 0.443. The van der Waals surface area contributed by atoms with Crippen molar-refractivity contribution < 1.29 is 37.4 Å². The third kappa shape index (κ3) is 9.77. The van der Waals surface area contributed by atoms with Gasteiger partial charge in [-0.1, -0.05) is 0 Å². The molecule has 0 rings (SSSR count). The molecule has 0 aromatic carbocycles. The van der Waals surface area contributed by atoms with Crippen LogP contribution in [0.3, 0.4) is 0 Å². The van der Waals surface area contributed by atoms with E-state index < -0.39 is 7.82 Å². The molecule has 0 atom stereocenters. The van der Waals surface area contributed by atoms with Crippen LogP contribution in [0.5, 0.6) is 0 Å². The average Bonchev–Trinajstić information content (AvgIpc) is 2.05. The van der Waals surface area contributed by atoms with Crippen molar-refractivity contribution in [1.29, 1.82) is 10.5 Å². The molecule has 0 amide bonds. The summed E-state index contributed by atoms with van der Waals surface area (Å²) in [5, 5.41) is 16.1. The van der Waals surface area contributed by atoms with Crippen LogP contribution in [-0.4, -0.2) is 13.2 Å². The summed E-state index contributed by atoms with van der Waals surface area (Å²) < 4.78 is 19.3. The van der Waals surface area contributed by atoms with Gasteiger partial charge in [-0.2, -0.15) is 10.5 Å². The Kier molecular flexibility index (Phi) is 10.7. The molecule has 6 nitrogen and oxygen atoms in total. The first-order valence-electron chi connectivity index (χ1n) is 3.46. The van der Waals surface area contributed by atoms with Crippen LogP contribution in [-0.2, 0) is 13.6 Å². The summed E-state index contributed by atoms with van der Waals surface area (Å²) in [4.78, 5) is 10.7. The van der Waals surface area contributed by atoms with Gasteiger partial charge in [-0.3, -0.25) is 4.57 Å².